The Bertz CT molecular complexity index is 996. The van der Waals surface area contributed by atoms with Crippen LogP contribution in [0.1, 0.15) is 83.6 Å². The van der Waals surface area contributed by atoms with Crippen LogP contribution in [0.2, 0.25) is 0 Å². The summed E-state index contributed by atoms with van der Waals surface area (Å²) in [6.45, 7) is 7.99. The fourth-order valence-electron chi connectivity index (χ4n) is 9.49. The molecule has 0 amide bonds. The van der Waals surface area contributed by atoms with Gasteiger partial charge in [-0.2, -0.15) is 0 Å². The molecule has 1 saturated heterocycles. The van der Waals surface area contributed by atoms with Gasteiger partial charge in [-0.05, 0) is 73.3 Å². The van der Waals surface area contributed by atoms with Gasteiger partial charge in [0.2, 0.25) is 0 Å². The van der Waals surface area contributed by atoms with E-state index in [-0.39, 0.29) is 22.9 Å². The lowest BCUT2D eigenvalue weighted by molar-refractivity contribution is -0.364. The minimum Gasteiger partial charge on any atom is -0.484 e. The van der Waals surface area contributed by atoms with Gasteiger partial charge in [-0.1, -0.05) is 39.0 Å². The topological polar surface area (TPSA) is 68.2 Å². The van der Waals surface area contributed by atoms with Crippen LogP contribution in [-0.4, -0.2) is 46.5 Å². The van der Waals surface area contributed by atoms with Gasteiger partial charge in [0.05, 0.1) is 19.3 Å². The van der Waals surface area contributed by atoms with Crippen LogP contribution in [0.3, 0.4) is 0 Å². The van der Waals surface area contributed by atoms with Crippen LogP contribution in [0.25, 0.3) is 0 Å². The maximum atomic E-state index is 12.5. The summed E-state index contributed by atoms with van der Waals surface area (Å²) in [5.41, 5.74) is -0.370. The Morgan fingerprint density at radius 3 is 2.50 bits per heavy atom. The normalized spacial score (nSPS) is 49.9. The van der Waals surface area contributed by atoms with Crippen LogP contribution in [0, 0.1) is 28.6 Å². The number of rotatable bonds is 0. The van der Waals surface area contributed by atoms with Crippen molar-refractivity contribution in [3.63, 3.8) is 0 Å². The first-order valence-corrected chi connectivity index (χ1v) is 13.6. The highest BCUT2D eigenvalue weighted by Gasteiger charge is 2.74. The molecule has 0 radical (unpaired) electrons. The van der Waals surface area contributed by atoms with E-state index in [0.717, 1.165) is 44.3 Å². The minimum atomic E-state index is -0.982. The summed E-state index contributed by atoms with van der Waals surface area (Å²) in [6, 6.07) is 8.48. The predicted molar refractivity (Wildman–Crippen MR) is 127 cm³/mol. The van der Waals surface area contributed by atoms with E-state index in [2.05, 4.69) is 39.0 Å². The van der Waals surface area contributed by atoms with E-state index in [4.69, 9.17) is 14.2 Å². The zero-order chi connectivity index (χ0) is 23.6. The highest BCUT2D eigenvalue weighted by Crippen LogP contribution is 2.71. The second kappa shape index (κ2) is 6.79. The molecule has 1 aromatic carbocycles. The van der Waals surface area contributed by atoms with Crippen LogP contribution >= 0.6 is 0 Å². The van der Waals surface area contributed by atoms with Gasteiger partial charge in [-0.15, -0.1) is 0 Å². The Morgan fingerprint density at radius 1 is 0.941 bits per heavy atom. The van der Waals surface area contributed by atoms with Crippen molar-refractivity contribution in [1.29, 1.82) is 0 Å². The molecule has 5 heteroatoms. The van der Waals surface area contributed by atoms with Crippen molar-refractivity contribution in [2.45, 2.75) is 101 Å². The number of ether oxygens (including phenoxy) is 3. The SMILES string of the molecule is CC1(C)COC2(CC[C@@]34Oc5ccccc5[C@H]5C[C@]6(C)[C@@H](O)CC[C@H]6[C@H](CC[C@@]3(O)C2)[C@H]54)OC1. The third-order valence-corrected chi connectivity index (χ3v) is 11.1. The molecule has 2 heterocycles. The van der Waals surface area contributed by atoms with Gasteiger partial charge >= 0.3 is 0 Å². The largest absolute Gasteiger partial charge is 0.484 e. The predicted octanol–water partition coefficient (Wildman–Crippen LogP) is 4.79. The van der Waals surface area contributed by atoms with Gasteiger partial charge in [0.25, 0.3) is 0 Å². The molecule has 6 aliphatic rings. The van der Waals surface area contributed by atoms with Crippen LogP contribution in [-0.2, 0) is 9.47 Å². The number of fused-ring (bicyclic) bond motifs is 4. The average Bonchev–Trinajstić information content (AvgIpc) is 3.11. The molecule has 1 aromatic rings. The van der Waals surface area contributed by atoms with Crippen LogP contribution in [0.4, 0.5) is 0 Å². The van der Waals surface area contributed by atoms with Crippen LogP contribution in [0.15, 0.2) is 24.3 Å². The number of aliphatic hydroxyl groups is 2. The Balaban J connectivity index is 1.33. The fraction of sp³-hybridized carbons (Fsp3) is 0.793. The lowest BCUT2D eigenvalue weighted by atomic mass is 9.43. The molecule has 34 heavy (non-hydrogen) atoms. The van der Waals surface area contributed by atoms with Crippen molar-refractivity contribution in [2.75, 3.05) is 13.2 Å². The van der Waals surface area contributed by atoms with Crippen molar-refractivity contribution in [3.8, 4) is 5.75 Å². The number of aliphatic hydroxyl groups excluding tert-OH is 1. The maximum absolute atomic E-state index is 12.5. The standard InChI is InChI=1S/C29H40O5/c1-25(2)16-32-28(33-17-25)12-13-29-24-19(10-11-27(29,31)15-28)21-8-9-23(30)26(21,3)14-20(24)18-6-4-5-7-22(18)34-29/h4-7,19-21,23-24,30-31H,8-17H2,1-3H3/t19-,20+,21-,23-,24+,26-,27+,29-/m0/s1. The molecule has 5 nitrogen and oxygen atoms in total. The molecule has 186 valence electrons. The Kier molecular flexibility index (Phi) is 4.41. The molecular weight excluding hydrogens is 428 g/mol. The van der Waals surface area contributed by atoms with Gasteiger partial charge < -0.3 is 24.4 Å². The van der Waals surface area contributed by atoms with Crippen LogP contribution < -0.4 is 4.74 Å². The van der Waals surface area contributed by atoms with E-state index in [0.29, 0.717) is 43.8 Å². The molecule has 7 rings (SSSR count). The number of benzene rings is 1. The molecular formula is C29H40O5. The summed E-state index contributed by atoms with van der Waals surface area (Å²) in [5.74, 6) is 1.76. The summed E-state index contributed by atoms with van der Waals surface area (Å²) in [5, 5.41) is 23.6. The minimum absolute atomic E-state index is 0.00315. The highest BCUT2D eigenvalue weighted by atomic mass is 16.7. The first-order chi connectivity index (χ1) is 16.1. The van der Waals surface area contributed by atoms with E-state index in [1.54, 1.807) is 0 Å². The number of hydrogen-bond acceptors (Lipinski definition) is 5. The maximum Gasteiger partial charge on any atom is 0.171 e. The summed E-state index contributed by atoms with van der Waals surface area (Å²) in [7, 11) is 0. The molecule has 4 saturated carbocycles. The van der Waals surface area contributed by atoms with E-state index in [9.17, 15) is 10.2 Å². The van der Waals surface area contributed by atoms with Gasteiger partial charge in [-0.3, -0.25) is 0 Å². The third kappa shape index (κ3) is 2.70. The highest BCUT2D eigenvalue weighted by molar-refractivity contribution is 5.44. The zero-order valence-electron chi connectivity index (χ0n) is 20.9. The second-order valence-electron chi connectivity index (χ2n) is 13.6. The molecule has 5 fully saturated rings. The number of hydrogen-bond donors (Lipinski definition) is 2. The lowest BCUT2D eigenvalue weighted by Gasteiger charge is -2.69. The fourth-order valence-corrected chi connectivity index (χ4v) is 9.49. The van der Waals surface area contributed by atoms with Crippen molar-refractivity contribution in [2.24, 2.45) is 28.6 Å². The summed E-state index contributed by atoms with van der Waals surface area (Å²) < 4.78 is 19.8. The molecule has 2 spiro atoms. The van der Waals surface area contributed by atoms with Gasteiger partial charge in [0.15, 0.2) is 5.79 Å². The summed E-state index contributed by atoms with van der Waals surface area (Å²) in [4.78, 5) is 0. The van der Waals surface area contributed by atoms with Crippen molar-refractivity contribution in [3.05, 3.63) is 29.8 Å². The second-order valence-corrected chi connectivity index (χ2v) is 13.6. The molecule has 0 aromatic heterocycles. The van der Waals surface area contributed by atoms with Crippen LogP contribution in [0.5, 0.6) is 5.75 Å². The van der Waals surface area contributed by atoms with Crippen molar-refractivity contribution < 1.29 is 24.4 Å². The smallest absolute Gasteiger partial charge is 0.171 e. The molecule has 4 aliphatic carbocycles. The van der Waals surface area contributed by atoms with E-state index >= 15 is 0 Å². The molecule has 8 atom stereocenters. The first-order valence-electron chi connectivity index (χ1n) is 13.6. The Hall–Kier alpha value is -1.14. The van der Waals surface area contributed by atoms with E-state index in [1.165, 1.54) is 5.56 Å². The molecule has 0 bridgehead atoms. The van der Waals surface area contributed by atoms with Crippen molar-refractivity contribution in [1.82, 2.24) is 0 Å². The summed E-state index contributed by atoms with van der Waals surface area (Å²) in [6.07, 6.45) is 6.43. The third-order valence-electron chi connectivity index (χ3n) is 11.1. The first kappa shape index (κ1) is 22.1. The lowest BCUT2D eigenvalue weighted by Crippen LogP contribution is -2.75. The molecule has 0 unspecified atom stereocenters. The number of para-hydroxylation sites is 1. The monoisotopic (exact) mass is 468 g/mol. The van der Waals surface area contributed by atoms with Crippen molar-refractivity contribution >= 4 is 0 Å². The van der Waals surface area contributed by atoms with Gasteiger partial charge in [0.1, 0.15) is 17.0 Å². The molecule has 2 aliphatic heterocycles. The quantitative estimate of drug-likeness (QED) is 0.573. The molecule has 2 N–H and O–H groups in total. The Labute approximate surface area is 203 Å². The Morgan fingerprint density at radius 2 is 1.71 bits per heavy atom. The average molecular weight is 469 g/mol. The van der Waals surface area contributed by atoms with E-state index < -0.39 is 17.0 Å². The van der Waals surface area contributed by atoms with E-state index in [1.807, 2.05) is 6.07 Å². The van der Waals surface area contributed by atoms with Gasteiger partial charge in [-0.25, -0.2) is 0 Å². The van der Waals surface area contributed by atoms with Gasteiger partial charge in [0, 0.05) is 24.2 Å². The summed E-state index contributed by atoms with van der Waals surface area (Å²) >= 11 is 0. The zero-order valence-corrected chi connectivity index (χ0v) is 20.9.